The van der Waals surface area contributed by atoms with E-state index in [9.17, 15) is 0 Å². The van der Waals surface area contributed by atoms with Crippen molar-refractivity contribution >= 4 is 22.6 Å². The Morgan fingerprint density at radius 3 is 2.94 bits per heavy atom. The summed E-state index contributed by atoms with van der Waals surface area (Å²) in [5.74, 6) is 1.42. The fourth-order valence-corrected chi connectivity index (χ4v) is 2.83. The van der Waals surface area contributed by atoms with Gasteiger partial charge in [-0.15, -0.1) is 11.6 Å². The molecule has 2 aromatic rings. The average Bonchev–Trinajstić information content (AvgIpc) is 2.65. The molecule has 0 atom stereocenters. The predicted molar refractivity (Wildman–Crippen MR) is 69.0 cm³/mol. The lowest BCUT2D eigenvalue weighted by Crippen LogP contribution is -2.31. The zero-order valence-electron chi connectivity index (χ0n) is 9.99. The predicted octanol–water partition coefficient (Wildman–Crippen LogP) is 3.36. The van der Waals surface area contributed by atoms with Gasteiger partial charge in [0, 0.05) is 12.7 Å². The van der Waals surface area contributed by atoms with Gasteiger partial charge in [-0.1, -0.05) is 13.3 Å². The maximum atomic E-state index is 5.99. The van der Waals surface area contributed by atoms with E-state index >= 15 is 0 Å². The van der Waals surface area contributed by atoms with Crippen LogP contribution in [-0.4, -0.2) is 14.5 Å². The second-order valence-electron chi connectivity index (χ2n) is 5.28. The van der Waals surface area contributed by atoms with Gasteiger partial charge in [0.2, 0.25) is 0 Å². The summed E-state index contributed by atoms with van der Waals surface area (Å²) in [6, 6.07) is 2.03. The average molecular weight is 250 g/mol. The van der Waals surface area contributed by atoms with Crippen LogP contribution in [0.15, 0.2) is 18.5 Å². The van der Waals surface area contributed by atoms with E-state index in [1.54, 1.807) is 0 Å². The Kier molecular flexibility index (Phi) is 2.58. The van der Waals surface area contributed by atoms with E-state index in [0.717, 1.165) is 23.4 Å². The molecule has 0 aromatic carbocycles. The molecule has 17 heavy (non-hydrogen) atoms. The van der Waals surface area contributed by atoms with Crippen molar-refractivity contribution in [1.29, 1.82) is 0 Å². The van der Waals surface area contributed by atoms with Crippen LogP contribution in [0, 0.1) is 5.41 Å². The first-order valence-electron chi connectivity index (χ1n) is 6.07. The van der Waals surface area contributed by atoms with Crippen LogP contribution in [0.4, 0.5) is 0 Å². The molecule has 0 spiro atoms. The van der Waals surface area contributed by atoms with E-state index in [0.29, 0.717) is 11.3 Å². The Labute approximate surface area is 106 Å². The molecule has 90 valence electrons. The number of halogens is 1. The largest absolute Gasteiger partial charge is 0.326 e. The molecular weight excluding hydrogens is 234 g/mol. The summed E-state index contributed by atoms with van der Waals surface area (Å²) in [7, 11) is 0. The van der Waals surface area contributed by atoms with Crippen molar-refractivity contribution in [1.82, 2.24) is 14.5 Å². The second kappa shape index (κ2) is 3.98. The monoisotopic (exact) mass is 249 g/mol. The summed E-state index contributed by atoms with van der Waals surface area (Å²) in [4.78, 5) is 8.66. The minimum absolute atomic E-state index is 0.428. The smallest absolute Gasteiger partial charge is 0.124 e. The summed E-state index contributed by atoms with van der Waals surface area (Å²) >= 11 is 5.99. The summed E-state index contributed by atoms with van der Waals surface area (Å²) in [6.07, 6.45) is 7.59. The lowest BCUT2D eigenvalue weighted by molar-refractivity contribution is 0.133. The number of aromatic nitrogens is 3. The van der Waals surface area contributed by atoms with Crippen LogP contribution in [0.25, 0.3) is 11.0 Å². The lowest BCUT2D eigenvalue weighted by Gasteiger charge is -2.39. The molecule has 0 N–H and O–H groups in total. The van der Waals surface area contributed by atoms with Crippen molar-refractivity contribution in [2.24, 2.45) is 5.41 Å². The van der Waals surface area contributed by atoms with Crippen molar-refractivity contribution in [3.63, 3.8) is 0 Å². The van der Waals surface area contributed by atoms with Crippen LogP contribution < -0.4 is 0 Å². The van der Waals surface area contributed by atoms with Gasteiger partial charge < -0.3 is 4.57 Å². The van der Waals surface area contributed by atoms with Crippen molar-refractivity contribution < 1.29 is 0 Å². The third kappa shape index (κ3) is 1.82. The standard InChI is InChI=1S/C13H16ClN3/c1-13(4-2-5-13)9-17-11-3-6-15-8-10(11)16-12(17)7-14/h3,6,8H,2,4-5,7,9H2,1H3. The minimum atomic E-state index is 0.428. The van der Waals surface area contributed by atoms with E-state index in [1.807, 2.05) is 18.5 Å². The number of pyridine rings is 1. The van der Waals surface area contributed by atoms with Crippen LogP contribution in [0.5, 0.6) is 0 Å². The van der Waals surface area contributed by atoms with Gasteiger partial charge in [0.1, 0.15) is 11.3 Å². The Morgan fingerprint density at radius 1 is 1.47 bits per heavy atom. The van der Waals surface area contributed by atoms with Crippen LogP contribution in [0.1, 0.15) is 32.0 Å². The van der Waals surface area contributed by atoms with E-state index in [-0.39, 0.29) is 0 Å². The number of imidazole rings is 1. The first-order chi connectivity index (χ1) is 8.22. The third-order valence-electron chi connectivity index (χ3n) is 3.85. The van der Waals surface area contributed by atoms with E-state index < -0.39 is 0 Å². The van der Waals surface area contributed by atoms with E-state index in [1.165, 1.54) is 19.3 Å². The third-order valence-corrected chi connectivity index (χ3v) is 4.09. The Bertz CT molecular complexity index is 543. The molecule has 2 heterocycles. The molecule has 1 saturated carbocycles. The van der Waals surface area contributed by atoms with Crippen molar-refractivity contribution in [3.05, 3.63) is 24.3 Å². The molecular formula is C13H16ClN3. The van der Waals surface area contributed by atoms with Gasteiger partial charge in [0.05, 0.1) is 17.6 Å². The zero-order valence-corrected chi connectivity index (χ0v) is 10.7. The highest BCUT2D eigenvalue weighted by Gasteiger charge is 2.33. The first-order valence-corrected chi connectivity index (χ1v) is 6.60. The van der Waals surface area contributed by atoms with Gasteiger partial charge >= 0.3 is 0 Å². The van der Waals surface area contributed by atoms with Gasteiger partial charge in [-0.2, -0.15) is 0 Å². The zero-order chi connectivity index (χ0) is 11.9. The Hall–Kier alpha value is -1.09. The maximum Gasteiger partial charge on any atom is 0.124 e. The van der Waals surface area contributed by atoms with Gasteiger partial charge in [0.25, 0.3) is 0 Å². The lowest BCUT2D eigenvalue weighted by atomic mass is 9.70. The number of hydrogen-bond acceptors (Lipinski definition) is 2. The minimum Gasteiger partial charge on any atom is -0.326 e. The van der Waals surface area contributed by atoms with Crippen LogP contribution in [0.3, 0.4) is 0 Å². The molecule has 0 unspecified atom stereocenters. The SMILES string of the molecule is CC1(Cn2c(CCl)nc3cnccc32)CCC1. The normalized spacial score (nSPS) is 18.2. The van der Waals surface area contributed by atoms with E-state index in [4.69, 9.17) is 11.6 Å². The summed E-state index contributed by atoms with van der Waals surface area (Å²) in [5.41, 5.74) is 2.53. The molecule has 0 bridgehead atoms. The first kappa shape index (κ1) is 11.0. The fourth-order valence-electron chi connectivity index (χ4n) is 2.63. The number of nitrogens with zero attached hydrogens (tertiary/aromatic N) is 3. The molecule has 3 rings (SSSR count). The second-order valence-corrected chi connectivity index (χ2v) is 5.54. The molecule has 0 radical (unpaired) electrons. The molecule has 2 aromatic heterocycles. The topological polar surface area (TPSA) is 30.7 Å². The van der Waals surface area contributed by atoms with Crippen LogP contribution >= 0.6 is 11.6 Å². The van der Waals surface area contributed by atoms with Crippen LogP contribution in [0.2, 0.25) is 0 Å². The summed E-state index contributed by atoms with van der Waals surface area (Å²) in [5, 5.41) is 0. The van der Waals surface area contributed by atoms with Crippen LogP contribution in [-0.2, 0) is 12.4 Å². The fraction of sp³-hybridized carbons (Fsp3) is 0.538. The van der Waals surface area contributed by atoms with Gasteiger partial charge in [-0.25, -0.2) is 4.98 Å². The van der Waals surface area contributed by atoms with E-state index in [2.05, 4.69) is 21.5 Å². The number of rotatable bonds is 3. The molecule has 1 aliphatic rings. The highest BCUT2D eigenvalue weighted by molar-refractivity contribution is 6.16. The highest BCUT2D eigenvalue weighted by atomic mass is 35.5. The summed E-state index contributed by atoms with van der Waals surface area (Å²) < 4.78 is 2.27. The maximum absolute atomic E-state index is 5.99. The Morgan fingerprint density at radius 2 is 2.29 bits per heavy atom. The molecule has 1 aliphatic carbocycles. The van der Waals surface area contributed by atoms with Crippen molar-refractivity contribution in [2.45, 2.75) is 38.6 Å². The molecule has 3 nitrogen and oxygen atoms in total. The Balaban J connectivity index is 2.06. The van der Waals surface area contributed by atoms with Crippen molar-refractivity contribution in [2.75, 3.05) is 0 Å². The quantitative estimate of drug-likeness (QED) is 0.781. The number of alkyl halides is 1. The molecule has 4 heteroatoms. The number of hydrogen-bond donors (Lipinski definition) is 0. The molecule has 0 saturated heterocycles. The molecule has 0 aliphatic heterocycles. The molecule has 0 amide bonds. The van der Waals surface area contributed by atoms with Gasteiger partial charge in [0.15, 0.2) is 0 Å². The van der Waals surface area contributed by atoms with Gasteiger partial charge in [-0.05, 0) is 24.3 Å². The molecule has 1 fully saturated rings. The highest BCUT2D eigenvalue weighted by Crippen LogP contribution is 2.42. The van der Waals surface area contributed by atoms with Crippen molar-refractivity contribution in [3.8, 4) is 0 Å². The number of fused-ring (bicyclic) bond motifs is 1. The van der Waals surface area contributed by atoms with Gasteiger partial charge in [-0.3, -0.25) is 4.98 Å². The summed E-state index contributed by atoms with van der Waals surface area (Å²) in [6.45, 7) is 3.37.